The summed E-state index contributed by atoms with van der Waals surface area (Å²) >= 11 is 0. The molecule has 1 heterocycles. The molecule has 2 rings (SSSR count). The van der Waals surface area contributed by atoms with Gasteiger partial charge in [-0.15, -0.1) is 0 Å². The first-order chi connectivity index (χ1) is 8.41. The Hall–Kier alpha value is -2.10. The first kappa shape index (κ1) is 12.4. The minimum absolute atomic E-state index is 0.197. The molecule has 0 radical (unpaired) electrons. The van der Waals surface area contributed by atoms with Gasteiger partial charge in [0, 0.05) is 5.56 Å². The van der Waals surface area contributed by atoms with Crippen molar-refractivity contribution in [2.45, 2.75) is 27.7 Å². The number of nitrogens with one attached hydrogen (secondary N) is 1. The Morgan fingerprint density at radius 2 is 1.72 bits per heavy atom. The molecule has 18 heavy (non-hydrogen) atoms. The van der Waals surface area contributed by atoms with E-state index in [1.54, 1.807) is 6.20 Å². The lowest BCUT2D eigenvalue weighted by molar-refractivity contribution is 0.0991. The summed E-state index contributed by atoms with van der Waals surface area (Å²) in [4.78, 5) is 18.1. The summed E-state index contributed by atoms with van der Waals surface area (Å²) in [6.45, 7) is 8.30. The molecular formula is C14H17N3O. The Bertz CT molecular complexity index is 600. The Balaban J connectivity index is 2.66. The third-order valence-corrected chi connectivity index (χ3v) is 3.44. The van der Waals surface area contributed by atoms with Crippen molar-refractivity contribution in [1.82, 2.24) is 9.97 Å². The molecule has 4 heteroatoms. The van der Waals surface area contributed by atoms with Crippen LogP contribution in [-0.4, -0.2) is 15.9 Å². The number of primary amides is 1. The molecule has 0 unspecified atom stereocenters. The first-order valence-corrected chi connectivity index (χ1v) is 5.84. The van der Waals surface area contributed by atoms with Crippen LogP contribution in [0.3, 0.4) is 0 Å². The zero-order valence-corrected chi connectivity index (χ0v) is 11.1. The Labute approximate surface area is 106 Å². The van der Waals surface area contributed by atoms with E-state index in [1.807, 2.05) is 0 Å². The van der Waals surface area contributed by atoms with Crippen molar-refractivity contribution >= 4 is 5.91 Å². The summed E-state index contributed by atoms with van der Waals surface area (Å²) in [5, 5.41) is 0. The highest BCUT2D eigenvalue weighted by Crippen LogP contribution is 2.30. The number of nitrogens with zero attached hydrogens (tertiary/aromatic N) is 1. The standard InChI is InChI=1S/C14H17N3O/c1-7-5-8(2)10(4)12(9(7)3)11-6-16-14(17-11)13(15)18/h5-6H,1-4H3,(H2,15,18)(H,16,17). The topological polar surface area (TPSA) is 71.8 Å². The van der Waals surface area contributed by atoms with Crippen LogP contribution in [-0.2, 0) is 0 Å². The van der Waals surface area contributed by atoms with Gasteiger partial charge in [-0.25, -0.2) is 4.98 Å². The summed E-state index contributed by atoms with van der Waals surface area (Å²) in [6, 6.07) is 2.17. The molecule has 94 valence electrons. The van der Waals surface area contributed by atoms with Gasteiger partial charge >= 0.3 is 0 Å². The smallest absolute Gasteiger partial charge is 0.284 e. The van der Waals surface area contributed by atoms with Crippen LogP contribution in [0, 0.1) is 27.7 Å². The molecule has 0 fully saturated rings. The second-order valence-corrected chi connectivity index (χ2v) is 4.65. The maximum absolute atomic E-state index is 11.1. The monoisotopic (exact) mass is 243 g/mol. The highest BCUT2D eigenvalue weighted by atomic mass is 16.1. The van der Waals surface area contributed by atoms with Gasteiger partial charge in [0.15, 0.2) is 5.82 Å². The number of aromatic amines is 1. The number of hydrogen-bond donors (Lipinski definition) is 2. The summed E-state index contributed by atoms with van der Waals surface area (Å²) in [6.07, 6.45) is 1.66. The molecule has 0 saturated heterocycles. The van der Waals surface area contributed by atoms with Crippen molar-refractivity contribution in [2.75, 3.05) is 0 Å². The van der Waals surface area contributed by atoms with Crippen LogP contribution >= 0.6 is 0 Å². The lowest BCUT2D eigenvalue weighted by atomic mass is 9.93. The van der Waals surface area contributed by atoms with E-state index in [0.29, 0.717) is 0 Å². The van der Waals surface area contributed by atoms with E-state index >= 15 is 0 Å². The zero-order chi connectivity index (χ0) is 13.4. The molecular weight excluding hydrogens is 226 g/mol. The lowest BCUT2D eigenvalue weighted by Crippen LogP contribution is -2.12. The quantitative estimate of drug-likeness (QED) is 0.850. The Morgan fingerprint density at radius 3 is 2.17 bits per heavy atom. The van der Waals surface area contributed by atoms with Crippen molar-refractivity contribution in [1.29, 1.82) is 0 Å². The van der Waals surface area contributed by atoms with Crippen LogP contribution in [0.1, 0.15) is 32.9 Å². The fourth-order valence-electron chi connectivity index (χ4n) is 2.19. The van der Waals surface area contributed by atoms with E-state index < -0.39 is 5.91 Å². The van der Waals surface area contributed by atoms with Crippen LogP contribution < -0.4 is 5.73 Å². The molecule has 0 spiro atoms. The molecule has 0 saturated carbocycles. The van der Waals surface area contributed by atoms with E-state index in [2.05, 4.69) is 43.7 Å². The fourth-order valence-corrected chi connectivity index (χ4v) is 2.19. The van der Waals surface area contributed by atoms with E-state index in [-0.39, 0.29) is 5.82 Å². The number of nitrogens with two attached hydrogens (primary N) is 1. The maximum atomic E-state index is 11.1. The van der Waals surface area contributed by atoms with Crippen LogP contribution in [0.4, 0.5) is 0 Å². The first-order valence-electron chi connectivity index (χ1n) is 5.84. The van der Waals surface area contributed by atoms with Crippen LogP contribution in [0.5, 0.6) is 0 Å². The highest BCUT2D eigenvalue weighted by molar-refractivity contribution is 5.89. The van der Waals surface area contributed by atoms with Crippen molar-refractivity contribution in [3.63, 3.8) is 0 Å². The number of H-pyrrole nitrogens is 1. The maximum Gasteiger partial charge on any atom is 0.284 e. The molecule has 0 aliphatic heterocycles. The number of hydrogen-bond acceptors (Lipinski definition) is 2. The molecule has 0 aliphatic carbocycles. The summed E-state index contributed by atoms with van der Waals surface area (Å²) in [5.74, 6) is -0.344. The molecule has 1 amide bonds. The Kier molecular flexibility index (Phi) is 2.95. The van der Waals surface area contributed by atoms with E-state index in [0.717, 1.165) is 11.3 Å². The van der Waals surface area contributed by atoms with E-state index in [1.165, 1.54) is 22.3 Å². The molecule has 2 aromatic rings. The number of amides is 1. The van der Waals surface area contributed by atoms with E-state index in [9.17, 15) is 4.79 Å². The van der Waals surface area contributed by atoms with Crippen LogP contribution in [0.15, 0.2) is 12.3 Å². The predicted octanol–water partition coefficient (Wildman–Crippen LogP) is 2.41. The minimum Gasteiger partial charge on any atom is -0.363 e. The summed E-state index contributed by atoms with van der Waals surface area (Å²) in [7, 11) is 0. The number of carbonyl (C=O) groups excluding carboxylic acids is 1. The van der Waals surface area contributed by atoms with Gasteiger partial charge < -0.3 is 10.7 Å². The molecule has 3 N–H and O–H groups in total. The van der Waals surface area contributed by atoms with E-state index in [4.69, 9.17) is 5.73 Å². The predicted molar refractivity (Wildman–Crippen MR) is 71.5 cm³/mol. The number of rotatable bonds is 2. The second kappa shape index (κ2) is 4.29. The van der Waals surface area contributed by atoms with Crippen molar-refractivity contribution in [3.8, 4) is 11.3 Å². The number of benzene rings is 1. The SMILES string of the molecule is Cc1cc(C)c(C)c(-c2cnc(C(N)=O)[nH]2)c1C. The number of imidazole rings is 1. The fraction of sp³-hybridized carbons (Fsp3) is 0.286. The highest BCUT2D eigenvalue weighted by Gasteiger charge is 2.14. The average Bonchev–Trinajstić information content (AvgIpc) is 2.76. The molecule has 1 aromatic heterocycles. The van der Waals surface area contributed by atoms with Gasteiger partial charge in [-0.3, -0.25) is 4.79 Å². The summed E-state index contributed by atoms with van der Waals surface area (Å²) < 4.78 is 0. The van der Waals surface area contributed by atoms with Crippen molar-refractivity contribution in [3.05, 3.63) is 40.3 Å². The summed E-state index contributed by atoms with van der Waals surface area (Å²) in [5.41, 5.74) is 12.0. The lowest BCUT2D eigenvalue weighted by Gasteiger charge is -2.13. The third-order valence-electron chi connectivity index (χ3n) is 3.44. The molecule has 1 aromatic carbocycles. The van der Waals surface area contributed by atoms with Gasteiger partial charge in [0.1, 0.15) is 0 Å². The normalized spacial score (nSPS) is 10.7. The number of aryl methyl sites for hydroxylation is 2. The van der Waals surface area contributed by atoms with Crippen LogP contribution in [0.25, 0.3) is 11.3 Å². The minimum atomic E-state index is -0.541. The van der Waals surface area contributed by atoms with Gasteiger partial charge in [0.05, 0.1) is 11.9 Å². The average molecular weight is 243 g/mol. The van der Waals surface area contributed by atoms with Crippen LogP contribution in [0.2, 0.25) is 0 Å². The molecule has 4 nitrogen and oxygen atoms in total. The molecule has 0 aliphatic rings. The largest absolute Gasteiger partial charge is 0.363 e. The van der Waals surface area contributed by atoms with Gasteiger partial charge in [-0.05, 0) is 49.9 Å². The number of carbonyl (C=O) groups is 1. The molecule has 0 atom stereocenters. The second-order valence-electron chi connectivity index (χ2n) is 4.65. The molecule has 0 bridgehead atoms. The van der Waals surface area contributed by atoms with Gasteiger partial charge in [0.25, 0.3) is 5.91 Å². The van der Waals surface area contributed by atoms with Crippen molar-refractivity contribution < 1.29 is 4.79 Å². The third kappa shape index (κ3) is 1.90. The van der Waals surface area contributed by atoms with Gasteiger partial charge in [-0.1, -0.05) is 6.07 Å². The zero-order valence-electron chi connectivity index (χ0n) is 11.1. The van der Waals surface area contributed by atoms with Crippen molar-refractivity contribution in [2.24, 2.45) is 5.73 Å². The van der Waals surface area contributed by atoms with Gasteiger partial charge in [0.2, 0.25) is 0 Å². The Morgan fingerprint density at radius 1 is 1.17 bits per heavy atom. The van der Waals surface area contributed by atoms with Gasteiger partial charge in [-0.2, -0.15) is 0 Å². The number of aromatic nitrogens is 2.